The second-order valence-corrected chi connectivity index (χ2v) is 11.3. The summed E-state index contributed by atoms with van der Waals surface area (Å²) >= 11 is 0. The minimum Gasteiger partial charge on any atom is -0.325 e. The number of thiol groups is 1. The summed E-state index contributed by atoms with van der Waals surface area (Å²) in [4.78, 5) is 12.7. The van der Waals surface area contributed by atoms with Crippen LogP contribution in [-0.4, -0.2) is 48.2 Å². The Balaban J connectivity index is 1.73. The van der Waals surface area contributed by atoms with Crippen molar-refractivity contribution in [3.8, 4) is 11.1 Å². The Labute approximate surface area is 196 Å². The Kier molecular flexibility index (Phi) is 8.28. The zero-order valence-electron chi connectivity index (χ0n) is 19.0. The molecule has 10 heteroatoms. The molecule has 0 spiro atoms. The third kappa shape index (κ3) is 6.86. The van der Waals surface area contributed by atoms with Gasteiger partial charge in [-0.15, -0.1) is 0 Å². The highest BCUT2D eigenvalue weighted by atomic mass is 32.2. The van der Waals surface area contributed by atoms with E-state index in [2.05, 4.69) is 14.8 Å². The standard InChI is InChI=1S/C23H30N2O6S2/c1-15-9-20(25-23(26)21-12-17(13-24-21)7-8-32(27)28)10-16(2)22(15)19-6-4-5-18(11-19)14-33(29,30)31-3/h4-6,9-11,17,21,24,32H,7-8,12-14H2,1-3H3,(H,25,26)/t17-,21+/m0/s1. The number of rotatable bonds is 9. The Bertz CT molecular complexity index is 1180. The van der Waals surface area contributed by atoms with Crippen LogP contribution in [0.15, 0.2) is 36.4 Å². The molecule has 0 saturated carbocycles. The van der Waals surface area contributed by atoms with E-state index in [1.165, 1.54) is 0 Å². The summed E-state index contributed by atoms with van der Waals surface area (Å²) in [6.07, 6.45) is 1.18. The fourth-order valence-corrected chi connectivity index (χ4v) is 5.60. The molecule has 2 aromatic rings. The predicted octanol–water partition coefficient (Wildman–Crippen LogP) is 2.36. The van der Waals surface area contributed by atoms with E-state index < -0.39 is 20.8 Å². The minimum absolute atomic E-state index is 0.137. The molecule has 2 N–H and O–H groups in total. The van der Waals surface area contributed by atoms with E-state index in [4.69, 9.17) is 0 Å². The van der Waals surface area contributed by atoms with Crippen LogP contribution in [0.2, 0.25) is 0 Å². The van der Waals surface area contributed by atoms with Crippen molar-refractivity contribution in [3.05, 3.63) is 53.1 Å². The molecule has 1 fully saturated rings. The van der Waals surface area contributed by atoms with Crippen molar-refractivity contribution in [2.75, 3.05) is 24.7 Å². The van der Waals surface area contributed by atoms with E-state index in [1.807, 2.05) is 44.2 Å². The Morgan fingerprint density at radius 3 is 2.52 bits per heavy atom. The van der Waals surface area contributed by atoms with Crippen LogP contribution in [-0.2, 0) is 35.6 Å². The summed E-state index contributed by atoms with van der Waals surface area (Å²) < 4.78 is 49.8. The summed E-state index contributed by atoms with van der Waals surface area (Å²) in [5.74, 6) is -0.0188. The number of aryl methyl sites for hydroxylation is 2. The van der Waals surface area contributed by atoms with Gasteiger partial charge in [-0.25, -0.2) is 8.42 Å². The number of carbonyl (C=O) groups excluding carboxylic acids is 1. The van der Waals surface area contributed by atoms with E-state index in [9.17, 15) is 21.6 Å². The Morgan fingerprint density at radius 1 is 1.18 bits per heavy atom. The first-order valence-electron chi connectivity index (χ1n) is 10.7. The van der Waals surface area contributed by atoms with Crippen LogP contribution in [0.25, 0.3) is 11.1 Å². The van der Waals surface area contributed by atoms with Crippen molar-refractivity contribution in [3.63, 3.8) is 0 Å². The van der Waals surface area contributed by atoms with Crippen molar-refractivity contribution < 1.29 is 25.8 Å². The molecule has 0 aromatic heterocycles. The maximum atomic E-state index is 12.7. The van der Waals surface area contributed by atoms with Gasteiger partial charge in [-0.2, -0.15) is 8.42 Å². The topological polar surface area (TPSA) is 119 Å². The van der Waals surface area contributed by atoms with Crippen molar-refractivity contribution >= 4 is 32.4 Å². The molecule has 0 bridgehead atoms. The van der Waals surface area contributed by atoms with E-state index in [0.29, 0.717) is 30.6 Å². The average molecular weight is 495 g/mol. The summed E-state index contributed by atoms with van der Waals surface area (Å²) in [7, 11) is -4.86. The molecule has 1 amide bonds. The molecule has 0 unspecified atom stereocenters. The molecule has 8 nitrogen and oxygen atoms in total. The lowest BCUT2D eigenvalue weighted by molar-refractivity contribution is -0.117. The number of hydrogen-bond acceptors (Lipinski definition) is 7. The lowest BCUT2D eigenvalue weighted by Gasteiger charge is -2.16. The molecule has 1 saturated heterocycles. The van der Waals surface area contributed by atoms with Gasteiger partial charge in [-0.1, -0.05) is 24.3 Å². The van der Waals surface area contributed by atoms with Crippen molar-refractivity contribution in [1.82, 2.24) is 5.32 Å². The van der Waals surface area contributed by atoms with Crippen molar-refractivity contribution in [1.29, 1.82) is 0 Å². The molecule has 2 aromatic carbocycles. The Morgan fingerprint density at radius 2 is 1.88 bits per heavy atom. The number of carbonyl (C=O) groups is 1. The van der Waals surface area contributed by atoms with Crippen LogP contribution in [0.5, 0.6) is 0 Å². The summed E-state index contributed by atoms with van der Waals surface area (Å²) in [6.45, 7) is 4.53. The third-order valence-electron chi connectivity index (χ3n) is 5.87. The number of benzene rings is 2. The van der Waals surface area contributed by atoms with Gasteiger partial charge in [0.05, 0.1) is 13.2 Å². The maximum Gasteiger partial charge on any atom is 0.271 e. The van der Waals surface area contributed by atoms with Gasteiger partial charge >= 0.3 is 0 Å². The molecule has 0 aliphatic carbocycles. The van der Waals surface area contributed by atoms with Crippen molar-refractivity contribution in [2.45, 2.75) is 38.5 Å². The normalized spacial score (nSPS) is 18.5. The lowest BCUT2D eigenvalue weighted by Crippen LogP contribution is -2.35. The first-order chi connectivity index (χ1) is 15.6. The molecule has 3 rings (SSSR count). The highest BCUT2D eigenvalue weighted by molar-refractivity contribution is 7.85. The van der Waals surface area contributed by atoms with E-state index >= 15 is 0 Å². The fourth-order valence-electron chi connectivity index (χ4n) is 4.32. The molecule has 2 atom stereocenters. The molecular weight excluding hydrogens is 464 g/mol. The molecule has 1 aliphatic rings. The predicted molar refractivity (Wildman–Crippen MR) is 129 cm³/mol. The summed E-state index contributed by atoms with van der Waals surface area (Å²) in [5.41, 5.74) is 5.10. The van der Waals surface area contributed by atoms with Gasteiger partial charge < -0.3 is 10.6 Å². The zero-order valence-corrected chi connectivity index (χ0v) is 20.7. The van der Waals surface area contributed by atoms with Gasteiger partial charge in [0.1, 0.15) is 16.5 Å². The molecule has 0 radical (unpaired) electrons. The highest BCUT2D eigenvalue weighted by Crippen LogP contribution is 2.31. The van der Waals surface area contributed by atoms with Crippen LogP contribution >= 0.6 is 0 Å². The molecule has 1 heterocycles. The minimum atomic E-state index is -3.62. The quantitative estimate of drug-likeness (QED) is 0.362. The lowest BCUT2D eigenvalue weighted by atomic mass is 9.94. The second kappa shape index (κ2) is 10.8. The largest absolute Gasteiger partial charge is 0.325 e. The third-order valence-corrected chi connectivity index (χ3v) is 7.69. The van der Waals surface area contributed by atoms with E-state index in [0.717, 1.165) is 29.4 Å². The molecule has 1 aliphatic heterocycles. The van der Waals surface area contributed by atoms with Gasteiger partial charge in [0.25, 0.3) is 10.1 Å². The monoisotopic (exact) mass is 494 g/mol. The van der Waals surface area contributed by atoms with Gasteiger partial charge in [-0.3, -0.25) is 8.98 Å². The number of amides is 1. The van der Waals surface area contributed by atoms with Gasteiger partial charge in [0.15, 0.2) is 0 Å². The van der Waals surface area contributed by atoms with Crippen LogP contribution in [0.4, 0.5) is 5.69 Å². The van der Waals surface area contributed by atoms with E-state index in [1.54, 1.807) is 6.07 Å². The average Bonchev–Trinajstić information content (AvgIpc) is 3.21. The second-order valence-electron chi connectivity index (χ2n) is 8.45. The first kappa shape index (κ1) is 25.4. The molecule has 180 valence electrons. The highest BCUT2D eigenvalue weighted by Gasteiger charge is 2.29. The van der Waals surface area contributed by atoms with Gasteiger partial charge in [0.2, 0.25) is 5.91 Å². The number of anilines is 1. The van der Waals surface area contributed by atoms with Crippen LogP contribution in [0.3, 0.4) is 0 Å². The molecule has 33 heavy (non-hydrogen) atoms. The fraction of sp³-hybridized carbons (Fsp3) is 0.435. The van der Waals surface area contributed by atoms with E-state index in [-0.39, 0.29) is 29.4 Å². The number of hydrogen-bond donors (Lipinski definition) is 3. The summed E-state index contributed by atoms with van der Waals surface area (Å²) in [5, 5.41) is 6.14. The van der Waals surface area contributed by atoms with Gasteiger partial charge in [-0.05, 0) is 79.1 Å². The SMILES string of the molecule is COS(=O)(=O)Cc1cccc(-c2c(C)cc(NC(=O)[C@H]3C[C@H](CC[SH](=O)=O)CN3)cc2C)c1. The number of nitrogens with one attached hydrogen (secondary N) is 2. The van der Waals surface area contributed by atoms with Gasteiger partial charge in [0, 0.05) is 11.4 Å². The Hall–Kier alpha value is -2.27. The summed E-state index contributed by atoms with van der Waals surface area (Å²) in [6, 6.07) is 10.8. The van der Waals surface area contributed by atoms with Crippen LogP contribution in [0.1, 0.15) is 29.5 Å². The first-order valence-corrected chi connectivity index (χ1v) is 13.7. The van der Waals surface area contributed by atoms with Crippen molar-refractivity contribution in [2.24, 2.45) is 5.92 Å². The molecular formula is C23H30N2O6S2. The smallest absolute Gasteiger partial charge is 0.271 e. The van der Waals surface area contributed by atoms with Crippen LogP contribution < -0.4 is 10.6 Å². The van der Waals surface area contributed by atoms with Crippen LogP contribution in [0, 0.1) is 19.8 Å². The zero-order chi connectivity index (χ0) is 24.2. The maximum absolute atomic E-state index is 12.7.